The number of likely N-dealkylation sites (tertiary alicyclic amines) is 1. The molecule has 146 valence electrons. The van der Waals surface area contributed by atoms with Crippen LogP contribution in [-0.2, 0) is 22.4 Å². The summed E-state index contributed by atoms with van der Waals surface area (Å²) in [5.41, 5.74) is 3.53. The van der Waals surface area contributed by atoms with Gasteiger partial charge in [0.1, 0.15) is 0 Å². The van der Waals surface area contributed by atoms with E-state index in [1.165, 1.54) is 17.5 Å². The van der Waals surface area contributed by atoms with Crippen LogP contribution in [0.4, 0.5) is 0 Å². The number of aryl methyl sites for hydroxylation is 2. The maximum absolute atomic E-state index is 12.9. The van der Waals surface area contributed by atoms with E-state index in [-0.39, 0.29) is 29.9 Å². The van der Waals surface area contributed by atoms with Gasteiger partial charge in [-0.25, -0.2) is 0 Å². The molecule has 5 heteroatoms. The Hall–Kier alpha value is -1.88. The van der Waals surface area contributed by atoms with Crippen LogP contribution < -0.4 is 0 Å². The quantitative estimate of drug-likeness (QED) is 0.804. The largest absolute Gasteiger partial charge is 0.372 e. The number of hydrogen-bond donors (Lipinski definition) is 0. The van der Waals surface area contributed by atoms with E-state index in [0.717, 1.165) is 31.2 Å². The molecular weight excluding hydrogens is 340 g/mol. The molecule has 2 atom stereocenters. The van der Waals surface area contributed by atoms with E-state index in [2.05, 4.69) is 12.1 Å². The molecule has 1 aromatic carbocycles. The van der Waals surface area contributed by atoms with Crippen molar-refractivity contribution < 1.29 is 14.3 Å². The van der Waals surface area contributed by atoms with Gasteiger partial charge in [-0.15, -0.1) is 0 Å². The number of carbonyl (C=O) groups excluding carboxylic acids is 2. The van der Waals surface area contributed by atoms with E-state index in [0.29, 0.717) is 26.2 Å². The zero-order chi connectivity index (χ0) is 19.0. The molecule has 0 saturated carbocycles. The molecule has 2 fully saturated rings. The van der Waals surface area contributed by atoms with Gasteiger partial charge in [0.05, 0.1) is 12.2 Å². The van der Waals surface area contributed by atoms with Crippen molar-refractivity contribution in [1.29, 1.82) is 0 Å². The molecule has 2 heterocycles. The van der Waals surface area contributed by atoms with Crippen LogP contribution in [0, 0.1) is 5.92 Å². The monoisotopic (exact) mass is 370 g/mol. The summed E-state index contributed by atoms with van der Waals surface area (Å²) in [6.45, 7) is 6.74. The Morgan fingerprint density at radius 1 is 0.963 bits per heavy atom. The molecule has 2 amide bonds. The predicted octanol–water partition coefficient (Wildman–Crippen LogP) is 2.66. The highest BCUT2D eigenvalue weighted by molar-refractivity contribution is 5.94. The number of nitrogens with zero attached hydrogens (tertiary/aromatic N) is 2. The minimum absolute atomic E-state index is 0.0339. The first-order valence-electron chi connectivity index (χ1n) is 10.4. The molecule has 5 nitrogen and oxygen atoms in total. The summed E-state index contributed by atoms with van der Waals surface area (Å²) in [5, 5.41) is 0. The maximum Gasteiger partial charge on any atom is 0.253 e. The summed E-state index contributed by atoms with van der Waals surface area (Å²) in [4.78, 5) is 29.6. The number of piperidine rings is 1. The number of benzene rings is 1. The highest BCUT2D eigenvalue weighted by Crippen LogP contribution is 2.26. The summed E-state index contributed by atoms with van der Waals surface area (Å²) >= 11 is 0. The van der Waals surface area contributed by atoms with Gasteiger partial charge in [-0.3, -0.25) is 9.59 Å². The van der Waals surface area contributed by atoms with Gasteiger partial charge < -0.3 is 14.5 Å². The summed E-state index contributed by atoms with van der Waals surface area (Å²) in [5.74, 6) is 0.386. The van der Waals surface area contributed by atoms with Gasteiger partial charge in [0.25, 0.3) is 5.91 Å². The fourth-order valence-electron chi connectivity index (χ4n) is 4.83. The number of amides is 2. The molecular formula is C22H30N2O3. The molecule has 3 aliphatic rings. The standard InChI is InChI=1S/C22H30N2O3/c1-15-13-24(14-16(2)27-15)21(25)18-8-10-23(11-9-18)22(26)20-7-6-17-4-3-5-19(17)12-20/h6-7,12,15-16,18H,3-5,8-11,13-14H2,1-2H3/t15-,16+. The lowest BCUT2D eigenvalue weighted by Gasteiger charge is -2.39. The zero-order valence-corrected chi connectivity index (χ0v) is 16.4. The Kier molecular flexibility index (Phi) is 5.22. The first kappa shape index (κ1) is 18.5. The van der Waals surface area contributed by atoms with Crippen LogP contribution in [0.2, 0.25) is 0 Å². The highest BCUT2D eigenvalue weighted by Gasteiger charge is 2.33. The molecule has 27 heavy (non-hydrogen) atoms. The van der Waals surface area contributed by atoms with Crippen LogP contribution in [0.1, 0.15) is 54.6 Å². The third-order valence-corrected chi connectivity index (χ3v) is 6.21. The Labute approximate surface area is 161 Å². The van der Waals surface area contributed by atoms with Crippen LogP contribution in [0.3, 0.4) is 0 Å². The van der Waals surface area contributed by atoms with Crippen molar-refractivity contribution in [2.45, 2.75) is 58.2 Å². The zero-order valence-electron chi connectivity index (χ0n) is 16.4. The van der Waals surface area contributed by atoms with Crippen LogP contribution in [0.25, 0.3) is 0 Å². The molecule has 0 N–H and O–H groups in total. The Morgan fingerprint density at radius 2 is 1.63 bits per heavy atom. The molecule has 2 saturated heterocycles. The van der Waals surface area contributed by atoms with Crippen molar-refractivity contribution in [2.75, 3.05) is 26.2 Å². The van der Waals surface area contributed by atoms with E-state index in [1.807, 2.05) is 29.7 Å². The van der Waals surface area contributed by atoms with Crippen molar-refractivity contribution in [3.05, 3.63) is 34.9 Å². The molecule has 0 radical (unpaired) electrons. The second-order valence-corrected chi connectivity index (χ2v) is 8.40. The second kappa shape index (κ2) is 7.63. The van der Waals surface area contributed by atoms with Crippen LogP contribution in [0.5, 0.6) is 0 Å². The fourth-order valence-corrected chi connectivity index (χ4v) is 4.83. The molecule has 0 unspecified atom stereocenters. The topological polar surface area (TPSA) is 49.9 Å². The number of carbonyl (C=O) groups is 2. The summed E-state index contributed by atoms with van der Waals surface area (Å²) in [6.07, 6.45) is 5.13. The van der Waals surface area contributed by atoms with Crippen molar-refractivity contribution in [2.24, 2.45) is 5.92 Å². The predicted molar refractivity (Wildman–Crippen MR) is 104 cm³/mol. The molecule has 0 bridgehead atoms. The normalized spacial score (nSPS) is 26.1. The lowest BCUT2D eigenvalue weighted by molar-refractivity contribution is -0.148. The van der Waals surface area contributed by atoms with E-state index in [9.17, 15) is 9.59 Å². The van der Waals surface area contributed by atoms with Crippen molar-refractivity contribution in [1.82, 2.24) is 9.80 Å². The average molecular weight is 370 g/mol. The molecule has 1 aliphatic carbocycles. The van der Waals surface area contributed by atoms with E-state index in [1.54, 1.807) is 0 Å². The van der Waals surface area contributed by atoms with Gasteiger partial charge in [0.15, 0.2) is 0 Å². The maximum atomic E-state index is 12.9. The molecule has 1 aromatic rings. The van der Waals surface area contributed by atoms with Crippen LogP contribution >= 0.6 is 0 Å². The van der Waals surface area contributed by atoms with Crippen LogP contribution in [-0.4, -0.2) is 60.0 Å². The van der Waals surface area contributed by atoms with Gasteiger partial charge in [-0.05, 0) is 69.2 Å². The van der Waals surface area contributed by atoms with Crippen LogP contribution in [0.15, 0.2) is 18.2 Å². The van der Waals surface area contributed by atoms with Gasteiger partial charge in [-0.1, -0.05) is 6.07 Å². The summed E-state index contributed by atoms with van der Waals surface area (Å²) < 4.78 is 5.74. The summed E-state index contributed by atoms with van der Waals surface area (Å²) in [7, 11) is 0. The number of hydrogen-bond acceptors (Lipinski definition) is 3. The molecule has 0 aromatic heterocycles. The Morgan fingerprint density at radius 3 is 2.33 bits per heavy atom. The van der Waals surface area contributed by atoms with Gasteiger partial charge >= 0.3 is 0 Å². The lowest BCUT2D eigenvalue weighted by atomic mass is 9.94. The van der Waals surface area contributed by atoms with E-state index >= 15 is 0 Å². The summed E-state index contributed by atoms with van der Waals surface area (Å²) in [6, 6.07) is 6.17. The van der Waals surface area contributed by atoms with E-state index < -0.39 is 0 Å². The van der Waals surface area contributed by atoms with Gasteiger partial charge in [0.2, 0.25) is 5.91 Å². The van der Waals surface area contributed by atoms with Gasteiger partial charge in [0, 0.05) is 37.7 Å². The Bertz CT molecular complexity index is 714. The molecule has 4 rings (SSSR count). The smallest absolute Gasteiger partial charge is 0.253 e. The minimum Gasteiger partial charge on any atom is -0.372 e. The number of fused-ring (bicyclic) bond motifs is 1. The number of ether oxygens (including phenoxy) is 1. The third kappa shape index (κ3) is 3.88. The third-order valence-electron chi connectivity index (χ3n) is 6.21. The van der Waals surface area contributed by atoms with Crippen molar-refractivity contribution in [3.8, 4) is 0 Å². The van der Waals surface area contributed by atoms with E-state index in [4.69, 9.17) is 4.74 Å². The second-order valence-electron chi connectivity index (χ2n) is 8.40. The first-order valence-corrected chi connectivity index (χ1v) is 10.4. The molecule has 2 aliphatic heterocycles. The van der Waals surface area contributed by atoms with Crippen molar-refractivity contribution in [3.63, 3.8) is 0 Å². The average Bonchev–Trinajstić information content (AvgIpc) is 3.14. The number of rotatable bonds is 2. The van der Waals surface area contributed by atoms with Crippen molar-refractivity contribution >= 4 is 11.8 Å². The Balaban J connectivity index is 1.34. The van der Waals surface area contributed by atoms with Gasteiger partial charge in [-0.2, -0.15) is 0 Å². The minimum atomic E-state index is 0.0339. The lowest BCUT2D eigenvalue weighted by Crippen LogP contribution is -2.51. The SMILES string of the molecule is C[C@@H]1CN(C(=O)C2CCN(C(=O)c3ccc4c(c3)CCC4)CC2)C[C@H](C)O1. The first-order chi connectivity index (χ1) is 13.0. The molecule has 0 spiro atoms. The number of morpholine rings is 1. The fraction of sp³-hybridized carbons (Fsp3) is 0.636. The highest BCUT2D eigenvalue weighted by atomic mass is 16.5.